The summed E-state index contributed by atoms with van der Waals surface area (Å²) < 4.78 is 5.47. The number of carboxylic acid groups (broad SMARTS) is 1. The molecule has 4 atom stereocenters. The summed E-state index contributed by atoms with van der Waals surface area (Å²) in [6, 6.07) is 25.9. The van der Waals surface area contributed by atoms with Crippen LogP contribution in [0.5, 0.6) is 5.75 Å². The number of amides is 1. The molecule has 1 saturated heterocycles. The largest absolute Gasteiger partial charge is 0.496 e. The van der Waals surface area contributed by atoms with Gasteiger partial charge in [-0.05, 0) is 35.6 Å². The van der Waals surface area contributed by atoms with Crippen LogP contribution in [0, 0.1) is 11.3 Å². The fraction of sp³-hybridized carbons (Fsp3) is 0.290. The van der Waals surface area contributed by atoms with E-state index in [1.54, 1.807) is 18.1 Å². The number of benzene rings is 3. The first kappa shape index (κ1) is 22.6. The van der Waals surface area contributed by atoms with Crippen LogP contribution in [0.3, 0.4) is 0 Å². The molecule has 1 aliphatic heterocycles. The Labute approximate surface area is 211 Å². The van der Waals surface area contributed by atoms with Gasteiger partial charge < -0.3 is 14.7 Å². The highest BCUT2D eigenvalue weighted by molar-refractivity contribution is 6.19. The van der Waals surface area contributed by atoms with Gasteiger partial charge in [-0.15, -0.1) is 0 Å². The zero-order valence-electron chi connectivity index (χ0n) is 20.3. The third-order valence-corrected chi connectivity index (χ3v) is 9.00. The van der Waals surface area contributed by atoms with Crippen molar-refractivity contribution in [1.29, 1.82) is 0 Å². The number of aliphatic carboxylic acids is 1. The Bertz CT molecular complexity index is 1380. The summed E-state index contributed by atoms with van der Waals surface area (Å²) in [5, 5.41) is 10.9. The molecule has 3 aliphatic carbocycles. The molecule has 1 N–H and O–H groups in total. The van der Waals surface area contributed by atoms with Crippen LogP contribution in [0.15, 0.2) is 85.4 Å². The first-order valence-corrected chi connectivity index (χ1v) is 12.4. The molecule has 3 aromatic carbocycles. The van der Waals surface area contributed by atoms with Crippen molar-refractivity contribution < 1.29 is 19.4 Å². The smallest absolute Gasteiger partial charge is 0.312 e. The van der Waals surface area contributed by atoms with Crippen LogP contribution >= 0.6 is 0 Å². The van der Waals surface area contributed by atoms with E-state index in [1.165, 1.54) is 5.56 Å². The number of para-hydroxylation sites is 1. The topological polar surface area (TPSA) is 66.8 Å². The number of hydrogen-bond donors (Lipinski definition) is 1. The molecule has 1 amide bonds. The molecule has 4 aliphatic rings. The highest BCUT2D eigenvalue weighted by atomic mass is 16.5. The molecule has 2 fully saturated rings. The molecular weight excluding hydrogens is 450 g/mol. The fourth-order valence-corrected chi connectivity index (χ4v) is 7.55. The molecule has 0 unspecified atom stereocenters. The second-order valence-corrected chi connectivity index (χ2v) is 10.3. The van der Waals surface area contributed by atoms with Gasteiger partial charge in [0.05, 0.1) is 12.5 Å². The van der Waals surface area contributed by atoms with Crippen molar-refractivity contribution in [2.45, 2.75) is 24.2 Å². The zero-order valence-corrected chi connectivity index (χ0v) is 20.3. The summed E-state index contributed by atoms with van der Waals surface area (Å²) in [7, 11) is 1.57. The Balaban J connectivity index is 1.49. The number of likely N-dealkylation sites (tertiary alicyclic amines) is 1. The highest BCUT2D eigenvalue weighted by Crippen LogP contribution is 2.69. The first-order valence-electron chi connectivity index (χ1n) is 12.4. The SMILES string of the molecule is C=C(C(=O)N1C[C@H]2[C@@]3(c4ccccc4)CC[C@H](c4ccccc43)[C@@]2(C(=O)O)C1)c1ccccc1OC. The number of fused-ring (bicyclic) bond motifs is 1. The maximum absolute atomic E-state index is 13.8. The Morgan fingerprint density at radius 2 is 1.69 bits per heavy atom. The maximum atomic E-state index is 13.8. The third-order valence-electron chi connectivity index (χ3n) is 9.00. The van der Waals surface area contributed by atoms with Gasteiger partial charge in [0.2, 0.25) is 0 Å². The minimum absolute atomic E-state index is 0.140. The summed E-state index contributed by atoms with van der Waals surface area (Å²) in [4.78, 5) is 28.8. The second-order valence-electron chi connectivity index (χ2n) is 10.3. The number of rotatable bonds is 5. The van der Waals surface area contributed by atoms with E-state index in [9.17, 15) is 14.7 Å². The van der Waals surface area contributed by atoms with Crippen molar-refractivity contribution in [3.63, 3.8) is 0 Å². The first-order chi connectivity index (χ1) is 17.4. The van der Waals surface area contributed by atoms with Gasteiger partial charge in [0.15, 0.2) is 0 Å². The Kier molecular flexibility index (Phi) is 5.08. The molecule has 5 nitrogen and oxygen atoms in total. The van der Waals surface area contributed by atoms with Gasteiger partial charge in [-0.25, -0.2) is 0 Å². The van der Waals surface area contributed by atoms with Gasteiger partial charge in [0.1, 0.15) is 5.75 Å². The van der Waals surface area contributed by atoms with E-state index in [-0.39, 0.29) is 24.3 Å². The molecule has 182 valence electrons. The van der Waals surface area contributed by atoms with Gasteiger partial charge in [-0.1, -0.05) is 79.4 Å². The highest BCUT2D eigenvalue weighted by Gasteiger charge is 2.70. The lowest BCUT2D eigenvalue weighted by Crippen LogP contribution is -2.60. The summed E-state index contributed by atoms with van der Waals surface area (Å²) >= 11 is 0. The lowest BCUT2D eigenvalue weighted by molar-refractivity contribution is -0.157. The van der Waals surface area contributed by atoms with E-state index in [1.807, 2.05) is 48.5 Å². The molecule has 36 heavy (non-hydrogen) atoms. The van der Waals surface area contributed by atoms with Crippen LogP contribution in [0.2, 0.25) is 0 Å². The van der Waals surface area contributed by atoms with Crippen molar-refractivity contribution in [2.24, 2.45) is 11.3 Å². The summed E-state index contributed by atoms with van der Waals surface area (Å²) in [5.41, 5.74) is 2.89. The molecule has 1 heterocycles. The molecule has 7 rings (SSSR count). The standard InChI is InChI=1S/C31H29NO4/c1-20(22-12-7-9-15-26(22)36-2)28(33)32-18-27-30(21-10-4-3-5-11-21)17-16-25(31(27,19-32)29(34)35)23-13-6-8-14-24(23)30/h3-15,25,27H,1,16-19H2,2H3,(H,34,35)/t25-,27+,30-,31+/m1/s1. The van der Waals surface area contributed by atoms with E-state index in [0.29, 0.717) is 23.4 Å². The lowest BCUT2D eigenvalue weighted by Gasteiger charge is -2.59. The van der Waals surface area contributed by atoms with Gasteiger partial charge in [0.25, 0.3) is 5.91 Å². The normalized spacial score (nSPS) is 27.8. The number of ether oxygens (including phenoxy) is 1. The predicted molar refractivity (Wildman–Crippen MR) is 138 cm³/mol. The van der Waals surface area contributed by atoms with E-state index >= 15 is 0 Å². The van der Waals surface area contributed by atoms with Gasteiger partial charge >= 0.3 is 5.97 Å². The van der Waals surface area contributed by atoms with E-state index in [4.69, 9.17) is 4.74 Å². The van der Waals surface area contributed by atoms with Crippen LogP contribution < -0.4 is 4.74 Å². The minimum Gasteiger partial charge on any atom is -0.496 e. The van der Waals surface area contributed by atoms with Crippen molar-refractivity contribution in [3.05, 3.63) is 108 Å². The lowest BCUT2D eigenvalue weighted by atomic mass is 9.42. The van der Waals surface area contributed by atoms with Gasteiger partial charge in [-0.2, -0.15) is 0 Å². The summed E-state index contributed by atoms with van der Waals surface area (Å²) in [5.74, 6) is -0.855. The molecule has 2 bridgehead atoms. The van der Waals surface area contributed by atoms with Gasteiger partial charge in [0, 0.05) is 41.5 Å². The monoisotopic (exact) mass is 479 g/mol. The maximum Gasteiger partial charge on any atom is 0.312 e. The molecule has 5 heteroatoms. The second kappa shape index (κ2) is 8.09. The average molecular weight is 480 g/mol. The minimum atomic E-state index is -1.06. The molecule has 0 spiro atoms. The van der Waals surface area contributed by atoms with Gasteiger partial charge in [-0.3, -0.25) is 9.59 Å². The Morgan fingerprint density at radius 3 is 2.44 bits per heavy atom. The molecule has 0 aromatic heterocycles. The van der Waals surface area contributed by atoms with E-state index in [2.05, 4.69) is 30.8 Å². The number of nitrogens with zero attached hydrogens (tertiary/aromatic N) is 1. The molecule has 3 aromatic rings. The van der Waals surface area contributed by atoms with Crippen LogP contribution in [0.4, 0.5) is 0 Å². The van der Waals surface area contributed by atoms with Crippen molar-refractivity contribution in [2.75, 3.05) is 20.2 Å². The molecule has 1 saturated carbocycles. The van der Waals surface area contributed by atoms with Crippen molar-refractivity contribution in [1.82, 2.24) is 4.90 Å². The van der Waals surface area contributed by atoms with Crippen LogP contribution in [-0.2, 0) is 15.0 Å². The zero-order chi connectivity index (χ0) is 25.1. The van der Waals surface area contributed by atoms with Crippen molar-refractivity contribution >= 4 is 17.4 Å². The average Bonchev–Trinajstić information content (AvgIpc) is 3.37. The molecular formula is C31H29NO4. The Hall–Kier alpha value is -3.86. The fourth-order valence-electron chi connectivity index (χ4n) is 7.55. The Morgan fingerprint density at radius 1 is 1.00 bits per heavy atom. The quantitative estimate of drug-likeness (QED) is 0.516. The predicted octanol–water partition coefficient (Wildman–Crippen LogP) is 5.12. The number of methoxy groups -OCH3 is 1. The molecule has 0 radical (unpaired) electrons. The number of carbonyl (C=O) groups is 2. The number of carboxylic acids is 1. The van der Waals surface area contributed by atoms with Crippen LogP contribution in [0.1, 0.15) is 41.0 Å². The van der Waals surface area contributed by atoms with Crippen molar-refractivity contribution in [3.8, 4) is 5.75 Å². The number of carbonyl (C=O) groups excluding carboxylic acids is 1. The summed E-state index contributed by atoms with van der Waals surface area (Å²) in [6.45, 7) is 4.66. The third kappa shape index (κ3) is 2.83. The van der Waals surface area contributed by atoms with E-state index < -0.39 is 16.8 Å². The number of hydrogen-bond acceptors (Lipinski definition) is 3. The summed E-state index contributed by atoms with van der Waals surface area (Å²) in [6.07, 6.45) is 1.65. The van der Waals surface area contributed by atoms with Crippen LogP contribution in [-0.4, -0.2) is 42.1 Å². The van der Waals surface area contributed by atoms with Crippen LogP contribution in [0.25, 0.3) is 5.57 Å². The van der Waals surface area contributed by atoms with E-state index in [0.717, 1.165) is 24.0 Å².